The first kappa shape index (κ1) is 20.8. The van der Waals surface area contributed by atoms with Crippen molar-refractivity contribution in [2.75, 3.05) is 0 Å². The molecular formula is C25H31N3O. The predicted molar refractivity (Wildman–Crippen MR) is 121 cm³/mol. The smallest absolute Gasteiger partial charge is 0.244 e. The maximum atomic E-state index is 12.4. The van der Waals surface area contributed by atoms with E-state index in [4.69, 9.17) is 4.98 Å². The van der Waals surface area contributed by atoms with Gasteiger partial charge in [-0.1, -0.05) is 75.1 Å². The minimum absolute atomic E-state index is 0.108. The van der Waals surface area contributed by atoms with Gasteiger partial charge in [-0.05, 0) is 37.1 Å². The second-order valence-electron chi connectivity index (χ2n) is 7.50. The number of benzene rings is 2. The topological polar surface area (TPSA) is 46.9 Å². The Hall–Kier alpha value is -2.88. The van der Waals surface area contributed by atoms with Crippen molar-refractivity contribution >= 4 is 23.0 Å². The van der Waals surface area contributed by atoms with Gasteiger partial charge in [0.05, 0.1) is 17.1 Å². The molecule has 1 atom stereocenters. The van der Waals surface area contributed by atoms with Gasteiger partial charge in [0.25, 0.3) is 0 Å². The van der Waals surface area contributed by atoms with Crippen LogP contribution in [0, 0.1) is 0 Å². The summed E-state index contributed by atoms with van der Waals surface area (Å²) < 4.78 is 2.27. The molecule has 0 fully saturated rings. The van der Waals surface area contributed by atoms with Crippen LogP contribution in [0.4, 0.5) is 0 Å². The van der Waals surface area contributed by atoms with Crippen LogP contribution in [0.5, 0.6) is 0 Å². The Bertz CT molecular complexity index is 943. The Morgan fingerprint density at radius 2 is 1.76 bits per heavy atom. The first-order valence-corrected chi connectivity index (χ1v) is 10.7. The van der Waals surface area contributed by atoms with Crippen molar-refractivity contribution in [3.8, 4) is 0 Å². The molecule has 0 aliphatic carbocycles. The SMILES string of the molecule is CCCCCCCn1c(C(C)NC(=O)/C=C\c2ccccc2)nc2ccccc21. The molecule has 0 aliphatic rings. The minimum atomic E-state index is -0.161. The largest absolute Gasteiger partial charge is 0.343 e. The molecule has 3 rings (SSSR count). The summed E-state index contributed by atoms with van der Waals surface area (Å²) >= 11 is 0. The van der Waals surface area contributed by atoms with Gasteiger partial charge in [-0.3, -0.25) is 4.79 Å². The fraction of sp³-hybridized carbons (Fsp3) is 0.360. The van der Waals surface area contributed by atoms with E-state index in [1.165, 1.54) is 25.7 Å². The molecule has 0 radical (unpaired) electrons. The number of hydrogen-bond acceptors (Lipinski definition) is 2. The number of nitrogens with one attached hydrogen (secondary N) is 1. The molecule has 4 nitrogen and oxygen atoms in total. The van der Waals surface area contributed by atoms with Crippen molar-refractivity contribution < 1.29 is 4.79 Å². The number of fused-ring (bicyclic) bond motifs is 1. The van der Waals surface area contributed by atoms with E-state index in [0.29, 0.717) is 0 Å². The van der Waals surface area contributed by atoms with Gasteiger partial charge in [-0.25, -0.2) is 4.98 Å². The van der Waals surface area contributed by atoms with Gasteiger partial charge in [0.15, 0.2) is 0 Å². The van der Waals surface area contributed by atoms with E-state index in [2.05, 4.69) is 22.9 Å². The van der Waals surface area contributed by atoms with Gasteiger partial charge < -0.3 is 9.88 Å². The van der Waals surface area contributed by atoms with Crippen LogP contribution < -0.4 is 5.32 Å². The minimum Gasteiger partial charge on any atom is -0.343 e. The summed E-state index contributed by atoms with van der Waals surface area (Å²) in [7, 11) is 0. The second kappa shape index (κ2) is 10.6. The van der Waals surface area contributed by atoms with Gasteiger partial charge >= 0.3 is 0 Å². The number of hydrogen-bond donors (Lipinski definition) is 1. The second-order valence-corrected chi connectivity index (χ2v) is 7.50. The lowest BCUT2D eigenvalue weighted by Crippen LogP contribution is -2.27. The number of carbonyl (C=O) groups excluding carboxylic acids is 1. The van der Waals surface area contributed by atoms with E-state index in [9.17, 15) is 4.79 Å². The van der Waals surface area contributed by atoms with Crippen molar-refractivity contribution in [3.63, 3.8) is 0 Å². The molecule has 1 unspecified atom stereocenters. The van der Waals surface area contributed by atoms with Crippen LogP contribution >= 0.6 is 0 Å². The summed E-state index contributed by atoms with van der Waals surface area (Å²) in [6.07, 6.45) is 9.58. The van der Waals surface area contributed by atoms with Gasteiger partial charge in [-0.2, -0.15) is 0 Å². The van der Waals surface area contributed by atoms with E-state index in [0.717, 1.165) is 35.4 Å². The number of unbranched alkanes of at least 4 members (excludes halogenated alkanes) is 4. The van der Waals surface area contributed by atoms with Crippen molar-refractivity contribution in [2.24, 2.45) is 0 Å². The number of carbonyl (C=O) groups is 1. The molecule has 152 valence electrons. The normalized spacial score (nSPS) is 12.5. The molecule has 3 aromatic rings. The molecule has 29 heavy (non-hydrogen) atoms. The van der Waals surface area contributed by atoms with E-state index in [-0.39, 0.29) is 11.9 Å². The number of imidazole rings is 1. The zero-order valence-electron chi connectivity index (χ0n) is 17.5. The molecule has 1 amide bonds. The molecule has 4 heteroatoms. The van der Waals surface area contributed by atoms with Gasteiger partial charge in [-0.15, -0.1) is 0 Å². The van der Waals surface area contributed by atoms with Crippen LogP contribution in [0.3, 0.4) is 0 Å². The van der Waals surface area contributed by atoms with Crippen LogP contribution in [0.25, 0.3) is 17.1 Å². The molecule has 0 saturated heterocycles. The summed E-state index contributed by atoms with van der Waals surface area (Å²) in [5.41, 5.74) is 3.13. The van der Waals surface area contributed by atoms with Crippen molar-refractivity contribution in [1.29, 1.82) is 0 Å². The maximum Gasteiger partial charge on any atom is 0.244 e. The zero-order chi connectivity index (χ0) is 20.5. The number of aryl methyl sites for hydroxylation is 1. The van der Waals surface area contributed by atoms with E-state index in [1.54, 1.807) is 6.08 Å². The Balaban J connectivity index is 1.70. The van der Waals surface area contributed by atoms with Gasteiger partial charge in [0.2, 0.25) is 5.91 Å². The monoisotopic (exact) mass is 389 g/mol. The molecule has 1 aromatic heterocycles. The standard InChI is InChI=1S/C25H31N3O/c1-3-4-5-6-12-19-28-23-16-11-10-15-22(23)27-25(28)20(2)26-24(29)18-17-21-13-8-7-9-14-21/h7-11,13-18,20H,3-6,12,19H2,1-2H3,(H,26,29)/b18-17-. The number of nitrogens with zero attached hydrogens (tertiary/aromatic N) is 2. The first-order chi connectivity index (χ1) is 14.2. The van der Waals surface area contributed by atoms with E-state index < -0.39 is 0 Å². The quantitative estimate of drug-likeness (QED) is 0.347. The Labute approximate surface area is 173 Å². The van der Waals surface area contributed by atoms with Crippen LogP contribution in [0.1, 0.15) is 63.4 Å². The number of amides is 1. The molecule has 1 N–H and O–H groups in total. The highest BCUT2D eigenvalue weighted by atomic mass is 16.1. The third-order valence-electron chi connectivity index (χ3n) is 5.14. The molecular weight excluding hydrogens is 358 g/mol. The highest BCUT2D eigenvalue weighted by Gasteiger charge is 2.17. The molecule has 1 heterocycles. The van der Waals surface area contributed by atoms with Crippen LogP contribution in [0.2, 0.25) is 0 Å². The Kier molecular flexibility index (Phi) is 7.62. The number of rotatable bonds is 10. The molecule has 0 spiro atoms. The maximum absolute atomic E-state index is 12.4. The van der Waals surface area contributed by atoms with Gasteiger partial charge in [0, 0.05) is 12.6 Å². The van der Waals surface area contributed by atoms with Crippen LogP contribution in [-0.2, 0) is 11.3 Å². The first-order valence-electron chi connectivity index (χ1n) is 10.7. The summed E-state index contributed by atoms with van der Waals surface area (Å²) in [4.78, 5) is 17.2. The van der Waals surface area contributed by atoms with E-state index in [1.807, 2.05) is 61.5 Å². The average Bonchev–Trinajstić information content (AvgIpc) is 3.12. The van der Waals surface area contributed by atoms with E-state index >= 15 is 0 Å². The summed E-state index contributed by atoms with van der Waals surface area (Å²) in [6, 6.07) is 17.9. The number of aromatic nitrogens is 2. The lowest BCUT2D eigenvalue weighted by atomic mass is 10.1. The Morgan fingerprint density at radius 1 is 1.03 bits per heavy atom. The number of para-hydroxylation sites is 2. The fourth-order valence-electron chi connectivity index (χ4n) is 3.60. The van der Waals surface area contributed by atoms with Gasteiger partial charge in [0.1, 0.15) is 5.82 Å². The zero-order valence-corrected chi connectivity index (χ0v) is 17.5. The highest BCUT2D eigenvalue weighted by Crippen LogP contribution is 2.22. The van der Waals surface area contributed by atoms with Crippen LogP contribution in [0.15, 0.2) is 60.7 Å². The van der Waals surface area contributed by atoms with Crippen molar-refractivity contribution in [1.82, 2.24) is 14.9 Å². The molecule has 0 aliphatic heterocycles. The third-order valence-corrected chi connectivity index (χ3v) is 5.14. The Morgan fingerprint density at radius 3 is 2.55 bits per heavy atom. The summed E-state index contributed by atoms with van der Waals surface area (Å²) in [6.45, 7) is 5.17. The third kappa shape index (κ3) is 5.80. The molecule has 0 saturated carbocycles. The predicted octanol–water partition coefficient (Wildman–Crippen LogP) is 5.90. The lowest BCUT2D eigenvalue weighted by molar-refractivity contribution is -0.117. The summed E-state index contributed by atoms with van der Waals surface area (Å²) in [5.74, 6) is 0.811. The molecule has 0 bridgehead atoms. The molecule has 2 aromatic carbocycles. The average molecular weight is 390 g/mol. The van der Waals surface area contributed by atoms with Crippen molar-refractivity contribution in [3.05, 3.63) is 72.1 Å². The fourth-order valence-corrected chi connectivity index (χ4v) is 3.60. The van der Waals surface area contributed by atoms with Crippen LogP contribution in [-0.4, -0.2) is 15.5 Å². The lowest BCUT2D eigenvalue weighted by Gasteiger charge is -2.15. The summed E-state index contributed by atoms with van der Waals surface area (Å²) in [5, 5.41) is 3.07. The highest BCUT2D eigenvalue weighted by molar-refractivity contribution is 5.92. The van der Waals surface area contributed by atoms with Crippen molar-refractivity contribution in [2.45, 2.75) is 58.5 Å².